The topological polar surface area (TPSA) is 65.2 Å². The second kappa shape index (κ2) is 6.57. The molecule has 2 N–H and O–H groups in total. The van der Waals surface area contributed by atoms with E-state index >= 15 is 0 Å². The first-order valence-corrected chi connectivity index (χ1v) is 8.29. The summed E-state index contributed by atoms with van der Waals surface area (Å²) in [5, 5.41) is 4.34. The maximum atomic E-state index is 12.8. The lowest BCUT2D eigenvalue weighted by molar-refractivity contribution is 0.0762. The molecule has 2 saturated heterocycles. The van der Waals surface area contributed by atoms with Crippen molar-refractivity contribution in [3.05, 3.63) is 46.2 Å². The summed E-state index contributed by atoms with van der Waals surface area (Å²) in [4.78, 5) is 29.8. The Morgan fingerprint density at radius 1 is 1.21 bits per heavy atom. The number of rotatable bonds is 1. The lowest BCUT2D eigenvalue weighted by Crippen LogP contribution is -2.43. The molecule has 0 saturated carbocycles. The Labute approximate surface area is 146 Å². The third kappa shape index (κ3) is 2.94. The number of hydrogen-bond acceptors (Lipinski definition) is 3. The summed E-state index contributed by atoms with van der Waals surface area (Å²) in [5.41, 5.74) is 0.932. The van der Waals surface area contributed by atoms with Gasteiger partial charge in [0.05, 0.1) is 0 Å². The van der Waals surface area contributed by atoms with Crippen LogP contribution in [0.3, 0.4) is 0 Å². The van der Waals surface area contributed by atoms with Crippen LogP contribution in [0.25, 0.3) is 10.9 Å². The lowest BCUT2D eigenvalue weighted by atomic mass is 9.80. The van der Waals surface area contributed by atoms with E-state index in [-0.39, 0.29) is 34.9 Å². The van der Waals surface area contributed by atoms with Crippen LogP contribution in [0.1, 0.15) is 29.6 Å². The molecule has 1 amide bonds. The molecule has 1 aromatic carbocycles. The summed E-state index contributed by atoms with van der Waals surface area (Å²) >= 11 is 0. The fraction of sp³-hybridized carbons (Fsp3) is 0.444. The Morgan fingerprint density at radius 2 is 2.04 bits per heavy atom. The highest BCUT2D eigenvalue weighted by atomic mass is 35.5. The predicted octanol–water partition coefficient (Wildman–Crippen LogP) is 2.17. The highest BCUT2D eigenvalue weighted by molar-refractivity contribution is 5.97. The summed E-state index contributed by atoms with van der Waals surface area (Å²) in [7, 11) is 0. The number of nitrogens with one attached hydrogen (secondary N) is 2. The van der Waals surface area contributed by atoms with Gasteiger partial charge in [0, 0.05) is 30.6 Å². The SMILES string of the molecule is Cl.O=C(c1cc2ccccc2[nH]c1=O)N1CCC2(CCCNC2)C1. The summed E-state index contributed by atoms with van der Waals surface area (Å²) in [6.07, 6.45) is 3.35. The highest BCUT2D eigenvalue weighted by Crippen LogP contribution is 2.36. The first-order chi connectivity index (χ1) is 11.2. The Kier molecular flexibility index (Phi) is 4.65. The van der Waals surface area contributed by atoms with Crippen molar-refractivity contribution in [1.82, 2.24) is 15.2 Å². The lowest BCUT2D eigenvalue weighted by Gasteiger charge is -2.33. The number of amides is 1. The molecule has 2 aliphatic rings. The number of carbonyl (C=O) groups excluding carboxylic acids is 1. The Hall–Kier alpha value is -1.85. The molecule has 1 atom stereocenters. The number of aromatic nitrogens is 1. The van der Waals surface area contributed by atoms with Gasteiger partial charge in [-0.1, -0.05) is 18.2 Å². The maximum absolute atomic E-state index is 12.8. The maximum Gasteiger partial charge on any atom is 0.261 e. The monoisotopic (exact) mass is 347 g/mol. The van der Waals surface area contributed by atoms with Crippen LogP contribution >= 0.6 is 12.4 Å². The predicted molar refractivity (Wildman–Crippen MR) is 96.9 cm³/mol. The number of nitrogens with zero attached hydrogens (tertiary/aromatic N) is 1. The van der Waals surface area contributed by atoms with E-state index in [0.29, 0.717) is 0 Å². The van der Waals surface area contributed by atoms with E-state index in [1.54, 1.807) is 6.07 Å². The van der Waals surface area contributed by atoms with Gasteiger partial charge in [-0.05, 0) is 43.3 Å². The zero-order valence-electron chi connectivity index (χ0n) is 13.5. The second-order valence-corrected chi connectivity index (χ2v) is 6.86. The van der Waals surface area contributed by atoms with Crippen LogP contribution in [0, 0.1) is 5.41 Å². The van der Waals surface area contributed by atoms with E-state index in [1.165, 1.54) is 6.42 Å². The van der Waals surface area contributed by atoms with Crippen molar-refractivity contribution in [3.8, 4) is 0 Å². The van der Waals surface area contributed by atoms with E-state index < -0.39 is 0 Å². The number of para-hydroxylation sites is 1. The molecule has 24 heavy (non-hydrogen) atoms. The largest absolute Gasteiger partial charge is 0.338 e. The summed E-state index contributed by atoms with van der Waals surface area (Å²) < 4.78 is 0. The molecule has 2 aromatic rings. The Balaban J connectivity index is 0.00000169. The van der Waals surface area contributed by atoms with Gasteiger partial charge in [0.1, 0.15) is 5.56 Å². The molecular formula is C18H22ClN3O2. The molecule has 1 unspecified atom stereocenters. The molecule has 6 heteroatoms. The van der Waals surface area contributed by atoms with E-state index in [2.05, 4.69) is 10.3 Å². The first kappa shape index (κ1) is 17.0. The number of pyridine rings is 1. The van der Waals surface area contributed by atoms with Gasteiger partial charge in [0.15, 0.2) is 0 Å². The van der Waals surface area contributed by atoms with E-state index in [0.717, 1.165) is 49.9 Å². The number of benzene rings is 1. The average molecular weight is 348 g/mol. The molecule has 4 rings (SSSR count). The van der Waals surface area contributed by atoms with E-state index in [4.69, 9.17) is 0 Å². The van der Waals surface area contributed by atoms with Crippen molar-refractivity contribution < 1.29 is 4.79 Å². The zero-order valence-corrected chi connectivity index (χ0v) is 14.3. The number of piperidine rings is 1. The fourth-order valence-corrected chi connectivity index (χ4v) is 3.96. The molecule has 1 spiro atoms. The van der Waals surface area contributed by atoms with Gasteiger partial charge in [-0.2, -0.15) is 0 Å². The van der Waals surface area contributed by atoms with Crippen molar-refractivity contribution in [2.24, 2.45) is 5.41 Å². The molecule has 128 valence electrons. The van der Waals surface area contributed by atoms with Gasteiger partial charge in [0.25, 0.3) is 11.5 Å². The van der Waals surface area contributed by atoms with Crippen molar-refractivity contribution in [2.75, 3.05) is 26.2 Å². The van der Waals surface area contributed by atoms with Gasteiger partial charge in [-0.3, -0.25) is 9.59 Å². The van der Waals surface area contributed by atoms with Crippen LogP contribution in [0.5, 0.6) is 0 Å². The smallest absolute Gasteiger partial charge is 0.261 e. The molecular weight excluding hydrogens is 326 g/mol. The van der Waals surface area contributed by atoms with E-state index in [9.17, 15) is 9.59 Å². The number of likely N-dealkylation sites (tertiary alicyclic amines) is 1. The van der Waals surface area contributed by atoms with Gasteiger partial charge in [-0.25, -0.2) is 0 Å². The summed E-state index contributed by atoms with van der Waals surface area (Å²) in [5.74, 6) is -0.139. The minimum atomic E-state index is -0.295. The molecule has 2 aliphatic heterocycles. The fourth-order valence-electron chi connectivity index (χ4n) is 3.96. The zero-order chi connectivity index (χ0) is 15.9. The summed E-state index contributed by atoms with van der Waals surface area (Å²) in [6, 6.07) is 9.27. The number of halogens is 1. The first-order valence-electron chi connectivity index (χ1n) is 8.29. The van der Waals surface area contributed by atoms with Crippen molar-refractivity contribution in [3.63, 3.8) is 0 Å². The average Bonchev–Trinajstić information content (AvgIpc) is 2.98. The van der Waals surface area contributed by atoms with Crippen LogP contribution in [0.4, 0.5) is 0 Å². The van der Waals surface area contributed by atoms with Crippen LogP contribution in [-0.4, -0.2) is 42.0 Å². The van der Waals surface area contributed by atoms with Crippen LogP contribution < -0.4 is 10.9 Å². The third-order valence-corrected chi connectivity index (χ3v) is 5.27. The molecule has 0 aliphatic carbocycles. The third-order valence-electron chi connectivity index (χ3n) is 5.27. The minimum Gasteiger partial charge on any atom is -0.338 e. The van der Waals surface area contributed by atoms with E-state index in [1.807, 2.05) is 29.2 Å². The molecule has 5 nitrogen and oxygen atoms in total. The number of H-pyrrole nitrogens is 1. The van der Waals surface area contributed by atoms with Crippen molar-refractivity contribution in [2.45, 2.75) is 19.3 Å². The van der Waals surface area contributed by atoms with Crippen LogP contribution in [0.2, 0.25) is 0 Å². The number of aromatic amines is 1. The molecule has 0 radical (unpaired) electrons. The Bertz CT molecular complexity index is 811. The normalized spacial score (nSPS) is 23.4. The molecule has 0 bridgehead atoms. The number of fused-ring (bicyclic) bond motifs is 1. The van der Waals surface area contributed by atoms with Gasteiger partial charge in [0.2, 0.25) is 0 Å². The second-order valence-electron chi connectivity index (χ2n) is 6.86. The highest BCUT2D eigenvalue weighted by Gasteiger charge is 2.41. The number of carbonyl (C=O) groups is 1. The molecule has 3 heterocycles. The quantitative estimate of drug-likeness (QED) is 0.831. The molecule has 1 aromatic heterocycles. The summed E-state index contributed by atoms with van der Waals surface area (Å²) in [6.45, 7) is 3.54. The van der Waals surface area contributed by atoms with Crippen LogP contribution in [-0.2, 0) is 0 Å². The molecule has 2 fully saturated rings. The van der Waals surface area contributed by atoms with Crippen LogP contribution in [0.15, 0.2) is 35.1 Å². The van der Waals surface area contributed by atoms with Gasteiger partial charge < -0.3 is 15.2 Å². The van der Waals surface area contributed by atoms with Gasteiger partial charge in [-0.15, -0.1) is 12.4 Å². The number of hydrogen-bond donors (Lipinski definition) is 2. The minimum absolute atomic E-state index is 0. The van der Waals surface area contributed by atoms with Crippen molar-refractivity contribution in [1.29, 1.82) is 0 Å². The standard InChI is InChI=1S/C18H21N3O2.ClH/c22-16-14(10-13-4-1-2-5-15(13)20-16)17(23)21-9-7-18(12-21)6-3-8-19-11-18;/h1-2,4-5,10,19H,3,6-9,11-12H2,(H,20,22);1H. The van der Waals surface area contributed by atoms with Crippen molar-refractivity contribution >= 4 is 29.2 Å². The Morgan fingerprint density at radius 3 is 2.83 bits per heavy atom. The van der Waals surface area contributed by atoms with Gasteiger partial charge >= 0.3 is 0 Å².